The lowest BCUT2D eigenvalue weighted by Crippen LogP contribution is -2.12. The average Bonchev–Trinajstić information content (AvgIpc) is 2.62. The first-order valence-electron chi connectivity index (χ1n) is 5.06. The van der Waals surface area contributed by atoms with Gasteiger partial charge in [-0.1, -0.05) is 0 Å². The molecule has 8 heteroatoms. The van der Waals surface area contributed by atoms with Gasteiger partial charge in [-0.3, -0.25) is 5.10 Å². The summed E-state index contributed by atoms with van der Waals surface area (Å²) in [7, 11) is 0. The largest absolute Gasteiger partial charge is 0.421 e. The van der Waals surface area contributed by atoms with Crippen molar-refractivity contribution in [1.29, 1.82) is 0 Å². The number of aryl methyl sites for hydroxylation is 2. The molecule has 5 nitrogen and oxygen atoms in total. The lowest BCUT2D eigenvalue weighted by atomic mass is 10.3. The topological polar surface area (TPSA) is 66.5 Å². The van der Waals surface area contributed by atoms with E-state index in [0.29, 0.717) is 0 Å². The number of aromatic amines is 1. The number of nitrogens with one attached hydrogen (secondary N) is 2. The fraction of sp³-hybridized carbons (Fsp3) is 0.300. The molecule has 0 bridgehead atoms. The van der Waals surface area contributed by atoms with Crippen molar-refractivity contribution in [3.05, 3.63) is 29.3 Å². The summed E-state index contributed by atoms with van der Waals surface area (Å²) in [6.07, 6.45) is -3.76. The number of rotatable bonds is 2. The molecule has 0 aliphatic carbocycles. The van der Waals surface area contributed by atoms with E-state index in [0.717, 1.165) is 11.9 Å². The summed E-state index contributed by atoms with van der Waals surface area (Å²) in [4.78, 5) is 7.30. The van der Waals surface area contributed by atoms with Crippen molar-refractivity contribution in [3.63, 3.8) is 0 Å². The molecule has 0 amide bonds. The second-order valence-electron chi connectivity index (χ2n) is 3.74. The molecule has 0 aromatic carbocycles. The molecule has 0 saturated heterocycles. The Morgan fingerprint density at radius 1 is 1.28 bits per heavy atom. The monoisotopic (exact) mass is 257 g/mol. The van der Waals surface area contributed by atoms with Crippen LogP contribution in [-0.2, 0) is 6.18 Å². The van der Waals surface area contributed by atoms with E-state index in [2.05, 4.69) is 25.5 Å². The van der Waals surface area contributed by atoms with Crippen LogP contribution in [0.3, 0.4) is 0 Å². The molecular formula is C10H10F3N5. The van der Waals surface area contributed by atoms with Gasteiger partial charge in [0.25, 0.3) is 0 Å². The average molecular weight is 257 g/mol. The van der Waals surface area contributed by atoms with Crippen LogP contribution in [-0.4, -0.2) is 20.2 Å². The summed E-state index contributed by atoms with van der Waals surface area (Å²) >= 11 is 0. The fourth-order valence-electron chi connectivity index (χ4n) is 1.38. The molecule has 0 aliphatic rings. The second-order valence-corrected chi connectivity index (χ2v) is 3.74. The summed E-state index contributed by atoms with van der Waals surface area (Å²) in [6, 6.07) is 1.58. The zero-order valence-electron chi connectivity index (χ0n) is 9.63. The van der Waals surface area contributed by atoms with E-state index in [4.69, 9.17) is 0 Å². The predicted molar refractivity (Wildman–Crippen MR) is 58.4 cm³/mol. The highest BCUT2D eigenvalue weighted by molar-refractivity contribution is 5.56. The summed E-state index contributed by atoms with van der Waals surface area (Å²) in [6.45, 7) is 3.26. The predicted octanol–water partition coefficient (Wildman–Crippen LogP) is 2.58. The molecule has 0 saturated carbocycles. The van der Waals surface area contributed by atoms with Crippen LogP contribution in [0.15, 0.2) is 12.3 Å². The Bertz CT molecular complexity index is 561. The van der Waals surface area contributed by atoms with Crippen LogP contribution in [0.25, 0.3) is 0 Å². The molecule has 0 fully saturated rings. The molecule has 2 N–H and O–H groups in total. The normalized spacial score (nSPS) is 11.6. The van der Waals surface area contributed by atoms with Gasteiger partial charge in [-0.2, -0.15) is 18.3 Å². The van der Waals surface area contributed by atoms with Crippen molar-refractivity contribution in [1.82, 2.24) is 20.2 Å². The molecule has 2 aromatic rings. The number of hydrogen-bond donors (Lipinski definition) is 2. The summed E-state index contributed by atoms with van der Waals surface area (Å²) < 4.78 is 38.2. The maximum absolute atomic E-state index is 12.7. The van der Waals surface area contributed by atoms with Crippen LogP contribution in [0, 0.1) is 13.8 Å². The maximum atomic E-state index is 12.7. The third-order valence-electron chi connectivity index (χ3n) is 2.17. The van der Waals surface area contributed by atoms with Gasteiger partial charge in [0, 0.05) is 18.0 Å². The number of H-pyrrole nitrogens is 1. The Balaban J connectivity index is 2.39. The maximum Gasteiger partial charge on any atom is 0.421 e. The van der Waals surface area contributed by atoms with Crippen molar-refractivity contribution >= 4 is 11.6 Å². The summed E-state index contributed by atoms with van der Waals surface area (Å²) in [5, 5.41) is 8.95. The van der Waals surface area contributed by atoms with Gasteiger partial charge in [-0.25, -0.2) is 9.97 Å². The first-order chi connectivity index (χ1) is 8.36. The molecule has 2 heterocycles. The molecule has 2 rings (SSSR count). The number of halogens is 3. The van der Waals surface area contributed by atoms with Crippen molar-refractivity contribution < 1.29 is 13.2 Å². The molecule has 0 spiro atoms. The van der Waals surface area contributed by atoms with E-state index >= 15 is 0 Å². The standard InChI is InChI=1S/C10H10F3N5/c1-5-3-8(18-17-5)16-9-7(10(11,12)13)4-14-6(2)15-9/h3-4H,1-2H3,(H2,14,15,16,17,18). The van der Waals surface area contributed by atoms with Gasteiger partial charge in [0.1, 0.15) is 17.2 Å². The number of alkyl halides is 3. The van der Waals surface area contributed by atoms with Gasteiger partial charge in [0.2, 0.25) is 0 Å². The van der Waals surface area contributed by atoms with Gasteiger partial charge in [0.15, 0.2) is 5.82 Å². The minimum absolute atomic E-state index is 0.248. The van der Waals surface area contributed by atoms with Crippen LogP contribution >= 0.6 is 0 Å². The lowest BCUT2D eigenvalue weighted by Gasteiger charge is -2.12. The Morgan fingerprint density at radius 3 is 2.56 bits per heavy atom. The van der Waals surface area contributed by atoms with E-state index in [-0.39, 0.29) is 17.5 Å². The Labute approximate surface area is 100 Å². The van der Waals surface area contributed by atoms with Crippen molar-refractivity contribution in [3.8, 4) is 0 Å². The van der Waals surface area contributed by atoms with Crippen LogP contribution < -0.4 is 5.32 Å². The molecule has 96 valence electrons. The number of nitrogens with zero attached hydrogens (tertiary/aromatic N) is 3. The van der Waals surface area contributed by atoms with Crippen molar-refractivity contribution in [2.45, 2.75) is 20.0 Å². The van der Waals surface area contributed by atoms with Crippen LogP contribution in [0.1, 0.15) is 17.1 Å². The van der Waals surface area contributed by atoms with E-state index in [1.165, 1.54) is 6.92 Å². The molecule has 0 aliphatic heterocycles. The highest BCUT2D eigenvalue weighted by Gasteiger charge is 2.35. The minimum Gasteiger partial charge on any atom is -0.323 e. The highest BCUT2D eigenvalue weighted by Crippen LogP contribution is 2.34. The van der Waals surface area contributed by atoms with Crippen molar-refractivity contribution in [2.75, 3.05) is 5.32 Å². The number of anilines is 2. The van der Waals surface area contributed by atoms with Crippen LogP contribution in [0.2, 0.25) is 0 Å². The smallest absolute Gasteiger partial charge is 0.323 e. The van der Waals surface area contributed by atoms with Crippen LogP contribution in [0.4, 0.5) is 24.8 Å². The molecular weight excluding hydrogens is 247 g/mol. The van der Waals surface area contributed by atoms with Gasteiger partial charge >= 0.3 is 6.18 Å². The number of aromatic nitrogens is 4. The van der Waals surface area contributed by atoms with Crippen LogP contribution in [0.5, 0.6) is 0 Å². The molecule has 0 unspecified atom stereocenters. The van der Waals surface area contributed by atoms with E-state index in [1.807, 2.05) is 0 Å². The van der Waals surface area contributed by atoms with Crippen molar-refractivity contribution in [2.24, 2.45) is 0 Å². The van der Waals surface area contributed by atoms with Gasteiger partial charge < -0.3 is 5.32 Å². The molecule has 0 atom stereocenters. The van der Waals surface area contributed by atoms with E-state index in [9.17, 15) is 13.2 Å². The Morgan fingerprint density at radius 2 is 2.00 bits per heavy atom. The molecule has 0 radical (unpaired) electrons. The summed E-state index contributed by atoms with van der Waals surface area (Å²) in [5.41, 5.74) is -0.189. The molecule has 2 aromatic heterocycles. The Kier molecular flexibility index (Phi) is 2.93. The zero-order chi connectivity index (χ0) is 13.3. The quantitative estimate of drug-likeness (QED) is 0.867. The van der Waals surface area contributed by atoms with E-state index in [1.54, 1.807) is 13.0 Å². The number of hydrogen-bond acceptors (Lipinski definition) is 4. The minimum atomic E-state index is -4.51. The lowest BCUT2D eigenvalue weighted by molar-refractivity contribution is -0.137. The molecule has 18 heavy (non-hydrogen) atoms. The fourth-order valence-corrected chi connectivity index (χ4v) is 1.38. The first kappa shape index (κ1) is 12.3. The zero-order valence-corrected chi connectivity index (χ0v) is 9.63. The SMILES string of the molecule is Cc1ncc(C(F)(F)F)c(Nc2cc(C)[nH]n2)n1. The van der Waals surface area contributed by atoms with E-state index < -0.39 is 11.7 Å². The highest BCUT2D eigenvalue weighted by atomic mass is 19.4. The Hall–Kier alpha value is -2.12. The van der Waals surface area contributed by atoms with Gasteiger partial charge in [0.05, 0.1) is 0 Å². The first-order valence-corrected chi connectivity index (χ1v) is 5.06. The van der Waals surface area contributed by atoms with Gasteiger partial charge in [-0.15, -0.1) is 0 Å². The second kappa shape index (κ2) is 4.28. The third kappa shape index (κ3) is 2.58. The third-order valence-corrected chi connectivity index (χ3v) is 2.17. The summed E-state index contributed by atoms with van der Waals surface area (Å²) in [5.74, 6) is 0.218. The van der Waals surface area contributed by atoms with Gasteiger partial charge in [-0.05, 0) is 13.8 Å².